The summed E-state index contributed by atoms with van der Waals surface area (Å²) in [5.74, 6) is -0.0693. The van der Waals surface area contributed by atoms with Gasteiger partial charge in [0.15, 0.2) is 5.78 Å². The number of hydrogen-bond acceptors (Lipinski definition) is 3. The fourth-order valence-electron chi connectivity index (χ4n) is 2.22. The lowest BCUT2D eigenvalue weighted by atomic mass is 9.89. The topological polar surface area (TPSA) is 46.5 Å². The molecule has 1 unspecified atom stereocenters. The average molecular weight is 258 g/mol. The number of carbonyl (C=O) groups excluding carboxylic acids is 1. The normalized spacial score (nSPS) is 22.6. The first-order valence-electron chi connectivity index (χ1n) is 6.41. The van der Waals surface area contributed by atoms with Gasteiger partial charge >= 0.3 is 0 Å². The Morgan fingerprint density at radius 2 is 2.05 bits per heavy atom. The predicted molar refractivity (Wildman–Crippen MR) is 74.2 cm³/mol. The van der Waals surface area contributed by atoms with Crippen LogP contribution >= 0.6 is 0 Å². The number of Topliss-reactive ketones (excluding diaryl/α,β-unsaturated/α-hetero) is 1. The van der Waals surface area contributed by atoms with Crippen LogP contribution < -0.4 is 0 Å². The van der Waals surface area contributed by atoms with Crippen LogP contribution in [0.1, 0.15) is 30.6 Å². The summed E-state index contributed by atoms with van der Waals surface area (Å²) in [4.78, 5) is 12.3. The van der Waals surface area contributed by atoms with E-state index in [0.29, 0.717) is 24.2 Å². The maximum absolute atomic E-state index is 12.3. The molecule has 0 saturated heterocycles. The van der Waals surface area contributed by atoms with Gasteiger partial charge in [0, 0.05) is 18.6 Å². The van der Waals surface area contributed by atoms with Gasteiger partial charge in [-0.05, 0) is 19.9 Å². The zero-order chi connectivity index (χ0) is 13.9. The fraction of sp³-hybridized carbons (Fsp3) is 0.312. The number of allylic oxidation sites excluding steroid dienone is 2. The van der Waals surface area contributed by atoms with E-state index >= 15 is 0 Å². The second-order valence-electron chi connectivity index (χ2n) is 4.81. The molecule has 0 spiro atoms. The molecule has 0 radical (unpaired) electrons. The van der Waals surface area contributed by atoms with Crippen LogP contribution in [0.2, 0.25) is 0 Å². The number of hydrogen-bond donors (Lipinski definition) is 1. The highest BCUT2D eigenvalue weighted by atomic mass is 16.5. The Morgan fingerprint density at radius 3 is 2.63 bits per heavy atom. The number of aliphatic hydroxyl groups is 1. The molecule has 1 atom stereocenters. The summed E-state index contributed by atoms with van der Waals surface area (Å²) in [5, 5.41) is 10.1. The lowest BCUT2D eigenvalue weighted by Crippen LogP contribution is -2.30. The second kappa shape index (κ2) is 5.41. The van der Waals surface area contributed by atoms with E-state index in [1.165, 1.54) is 0 Å². The Morgan fingerprint density at radius 1 is 1.37 bits per heavy atom. The van der Waals surface area contributed by atoms with Gasteiger partial charge in [-0.1, -0.05) is 36.4 Å². The molecular weight excluding hydrogens is 240 g/mol. The van der Waals surface area contributed by atoms with Crippen molar-refractivity contribution in [3.8, 4) is 0 Å². The molecule has 0 bridgehead atoms. The zero-order valence-electron chi connectivity index (χ0n) is 11.2. The molecule has 1 aromatic rings. The molecule has 2 rings (SSSR count). The van der Waals surface area contributed by atoms with E-state index in [0.717, 1.165) is 0 Å². The molecule has 3 heteroatoms. The van der Waals surface area contributed by atoms with Gasteiger partial charge in [-0.15, -0.1) is 0 Å². The Bertz CT molecular complexity index is 528. The highest BCUT2D eigenvalue weighted by molar-refractivity contribution is 6.11. The molecule has 0 aliphatic heterocycles. The van der Waals surface area contributed by atoms with Gasteiger partial charge in [-0.25, -0.2) is 0 Å². The first-order chi connectivity index (χ1) is 9.06. The smallest absolute Gasteiger partial charge is 0.196 e. The van der Waals surface area contributed by atoms with Crippen molar-refractivity contribution in [3.05, 3.63) is 59.4 Å². The van der Waals surface area contributed by atoms with Crippen LogP contribution in [0, 0.1) is 0 Å². The average Bonchev–Trinajstić information content (AvgIpc) is 2.39. The summed E-state index contributed by atoms with van der Waals surface area (Å²) in [6, 6.07) is 8.96. The molecule has 0 aromatic heterocycles. The predicted octanol–water partition coefficient (Wildman–Crippen LogP) is 3.44. The van der Waals surface area contributed by atoms with E-state index in [4.69, 9.17) is 4.74 Å². The van der Waals surface area contributed by atoms with Crippen LogP contribution in [0.5, 0.6) is 0 Å². The van der Waals surface area contributed by atoms with E-state index in [1.807, 2.05) is 38.1 Å². The molecule has 19 heavy (non-hydrogen) atoms. The summed E-state index contributed by atoms with van der Waals surface area (Å²) in [6.07, 6.45) is 3.82. The Balaban J connectivity index is 2.24. The molecule has 1 aliphatic carbocycles. The van der Waals surface area contributed by atoms with Gasteiger partial charge in [-0.2, -0.15) is 0 Å². The summed E-state index contributed by atoms with van der Waals surface area (Å²) in [6.45, 7) is 4.37. The maximum atomic E-state index is 12.3. The fourth-order valence-corrected chi connectivity index (χ4v) is 2.22. The third kappa shape index (κ3) is 2.93. The van der Waals surface area contributed by atoms with Crippen molar-refractivity contribution < 1.29 is 14.6 Å². The van der Waals surface area contributed by atoms with Gasteiger partial charge in [0.05, 0.1) is 11.2 Å². The molecular formula is C16H18O3. The molecule has 1 aromatic carbocycles. The van der Waals surface area contributed by atoms with Crippen LogP contribution in [0.3, 0.4) is 0 Å². The van der Waals surface area contributed by atoms with Gasteiger partial charge < -0.3 is 9.84 Å². The first-order valence-corrected chi connectivity index (χ1v) is 6.41. The molecule has 3 nitrogen and oxygen atoms in total. The van der Waals surface area contributed by atoms with E-state index in [1.54, 1.807) is 18.2 Å². The van der Waals surface area contributed by atoms with Crippen molar-refractivity contribution in [2.75, 3.05) is 6.61 Å². The molecule has 0 saturated carbocycles. The molecule has 0 fully saturated rings. The van der Waals surface area contributed by atoms with E-state index < -0.39 is 5.60 Å². The minimum Gasteiger partial charge on any atom is -0.511 e. The van der Waals surface area contributed by atoms with Crippen LogP contribution in [-0.2, 0) is 4.74 Å². The minimum atomic E-state index is -0.528. The number of benzene rings is 1. The minimum absolute atomic E-state index is 0.0901. The van der Waals surface area contributed by atoms with Crippen molar-refractivity contribution in [3.63, 3.8) is 0 Å². The van der Waals surface area contributed by atoms with Crippen molar-refractivity contribution >= 4 is 5.78 Å². The molecule has 0 heterocycles. The summed E-state index contributed by atoms with van der Waals surface area (Å²) in [7, 11) is 0. The van der Waals surface area contributed by atoms with Gasteiger partial charge in [0.1, 0.15) is 5.76 Å². The largest absolute Gasteiger partial charge is 0.511 e. The number of rotatable bonds is 4. The van der Waals surface area contributed by atoms with Gasteiger partial charge in [0.2, 0.25) is 0 Å². The number of ketones is 1. The van der Waals surface area contributed by atoms with Crippen molar-refractivity contribution in [1.29, 1.82) is 0 Å². The highest BCUT2D eigenvalue weighted by Gasteiger charge is 2.30. The van der Waals surface area contributed by atoms with E-state index in [2.05, 4.69) is 0 Å². The molecule has 0 amide bonds. The second-order valence-corrected chi connectivity index (χ2v) is 4.81. The van der Waals surface area contributed by atoms with Crippen LogP contribution in [0.4, 0.5) is 0 Å². The van der Waals surface area contributed by atoms with Crippen LogP contribution in [0.25, 0.3) is 0 Å². The maximum Gasteiger partial charge on any atom is 0.196 e. The van der Waals surface area contributed by atoms with E-state index in [9.17, 15) is 9.90 Å². The van der Waals surface area contributed by atoms with Gasteiger partial charge in [-0.3, -0.25) is 4.79 Å². The van der Waals surface area contributed by atoms with Crippen LogP contribution in [0.15, 0.2) is 53.8 Å². The third-order valence-corrected chi connectivity index (χ3v) is 3.19. The summed E-state index contributed by atoms with van der Waals surface area (Å²) in [5.41, 5.74) is 0.399. The molecule has 1 aliphatic rings. The van der Waals surface area contributed by atoms with Crippen molar-refractivity contribution in [2.45, 2.75) is 25.9 Å². The lowest BCUT2D eigenvalue weighted by molar-refractivity contribution is 0.00562. The van der Waals surface area contributed by atoms with Crippen LogP contribution in [-0.4, -0.2) is 23.1 Å². The number of carbonyl (C=O) groups is 1. The number of aliphatic hydroxyl groups excluding tert-OH is 1. The Hall–Kier alpha value is -1.87. The SMILES string of the molecule is CCOC1(C)C=CC(C(=O)c2ccccc2)=C(O)C1. The molecule has 1 N–H and O–H groups in total. The van der Waals surface area contributed by atoms with E-state index in [-0.39, 0.29) is 11.5 Å². The standard InChI is InChI=1S/C16H18O3/c1-3-19-16(2)10-9-13(14(17)11-16)15(18)12-7-5-4-6-8-12/h4-10,17H,3,11H2,1-2H3. The van der Waals surface area contributed by atoms with Crippen molar-refractivity contribution in [2.24, 2.45) is 0 Å². The zero-order valence-corrected chi connectivity index (χ0v) is 11.2. The number of ether oxygens (including phenoxy) is 1. The van der Waals surface area contributed by atoms with Crippen molar-refractivity contribution in [1.82, 2.24) is 0 Å². The summed E-state index contributed by atoms with van der Waals surface area (Å²) >= 11 is 0. The van der Waals surface area contributed by atoms with Gasteiger partial charge in [0.25, 0.3) is 0 Å². The Labute approximate surface area is 113 Å². The Kier molecular flexibility index (Phi) is 3.86. The molecule has 100 valence electrons. The highest BCUT2D eigenvalue weighted by Crippen LogP contribution is 2.30. The monoisotopic (exact) mass is 258 g/mol. The lowest BCUT2D eigenvalue weighted by Gasteiger charge is -2.29. The first kappa shape index (κ1) is 13.6. The third-order valence-electron chi connectivity index (χ3n) is 3.19. The summed E-state index contributed by atoms with van der Waals surface area (Å²) < 4.78 is 5.58. The quantitative estimate of drug-likeness (QED) is 0.841.